The van der Waals surface area contributed by atoms with Crippen LogP contribution < -0.4 is 10.6 Å². The van der Waals surface area contributed by atoms with Crippen molar-refractivity contribution in [2.45, 2.75) is 22.5 Å². The topological polar surface area (TPSA) is 90.6 Å². The zero-order valence-corrected chi connectivity index (χ0v) is 20.4. The smallest absolute Gasteiger partial charge is 0.161 e. The number of nitrogens with zero attached hydrogens (tertiary/aromatic N) is 3. The van der Waals surface area contributed by atoms with E-state index in [9.17, 15) is 4.21 Å². The molecule has 1 aromatic heterocycles. The van der Waals surface area contributed by atoms with Gasteiger partial charge in [0.15, 0.2) is 5.82 Å². The Balaban J connectivity index is 1.65. The second-order valence-electron chi connectivity index (χ2n) is 8.49. The molecule has 0 saturated carbocycles. The van der Waals surface area contributed by atoms with Crippen LogP contribution in [0.1, 0.15) is 18.5 Å². The van der Waals surface area contributed by atoms with E-state index in [2.05, 4.69) is 4.90 Å². The minimum atomic E-state index is -1.36. The van der Waals surface area contributed by atoms with E-state index in [4.69, 9.17) is 36.8 Å². The van der Waals surface area contributed by atoms with E-state index < -0.39 is 15.5 Å². The summed E-state index contributed by atoms with van der Waals surface area (Å²) in [5, 5.41) is 0.615. The average Bonchev–Trinajstić information content (AvgIpc) is 2.90. The van der Waals surface area contributed by atoms with Crippen molar-refractivity contribution >= 4 is 33.9 Å². The minimum absolute atomic E-state index is 0.521. The molecular weight excluding hydrogens is 472 g/mol. The molecule has 2 aromatic carbocycles. The number of halogens is 1. The fourth-order valence-electron chi connectivity index (χ4n) is 4.41. The molecular formula is C25H27ClN4O3S. The fraction of sp³-hybridized carbons (Fsp3) is 0.360. The van der Waals surface area contributed by atoms with Gasteiger partial charge in [-0.3, -0.25) is 4.21 Å². The Labute approximate surface area is 206 Å². The van der Waals surface area contributed by atoms with Crippen LogP contribution in [0, 0.1) is 0 Å². The number of hydrogen-bond acceptors (Lipinski definition) is 7. The number of rotatable bonds is 5. The van der Waals surface area contributed by atoms with E-state index >= 15 is 0 Å². The number of benzene rings is 2. The molecule has 0 amide bonds. The molecule has 0 spiro atoms. The number of anilines is 2. The Kier molecular flexibility index (Phi) is 6.83. The molecule has 0 radical (unpaired) electrons. The predicted molar refractivity (Wildman–Crippen MR) is 135 cm³/mol. The van der Waals surface area contributed by atoms with Crippen molar-refractivity contribution in [2.24, 2.45) is 0 Å². The summed E-state index contributed by atoms with van der Waals surface area (Å²) in [6, 6.07) is 16.8. The van der Waals surface area contributed by atoms with Gasteiger partial charge in [-0.25, -0.2) is 9.97 Å². The van der Waals surface area contributed by atoms with E-state index in [1.54, 1.807) is 12.1 Å². The molecule has 2 aliphatic heterocycles. The van der Waals surface area contributed by atoms with Crippen molar-refractivity contribution < 1.29 is 13.7 Å². The van der Waals surface area contributed by atoms with Gasteiger partial charge in [-0.2, -0.15) is 0 Å². The number of ether oxygens (including phenoxy) is 2. The van der Waals surface area contributed by atoms with Gasteiger partial charge >= 0.3 is 0 Å². The first-order valence-electron chi connectivity index (χ1n) is 11.4. The summed E-state index contributed by atoms with van der Waals surface area (Å²) in [4.78, 5) is 12.8. The SMILES string of the molecule is Nc1ccc(-c2nc(N3CCOCC3)cc(C3(S(=O)c4ccc(Cl)cc4)CCOCC3)n2)cc1. The monoisotopic (exact) mass is 498 g/mol. The van der Waals surface area contributed by atoms with Crippen molar-refractivity contribution in [3.8, 4) is 11.4 Å². The van der Waals surface area contributed by atoms with E-state index in [0.29, 0.717) is 55.8 Å². The highest BCUT2D eigenvalue weighted by molar-refractivity contribution is 7.86. The Hall–Kier alpha value is -2.52. The number of nitrogens with two attached hydrogens (primary N) is 1. The van der Waals surface area contributed by atoms with Gasteiger partial charge in [0.25, 0.3) is 0 Å². The van der Waals surface area contributed by atoms with Crippen molar-refractivity contribution in [2.75, 3.05) is 50.2 Å². The van der Waals surface area contributed by atoms with E-state index in [0.717, 1.165) is 35.1 Å². The maximum atomic E-state index is 14.1. The van der Waals surface area contributed by atoms with E-state index in [1.165, 1.54) is 0 Å². The molecule has 5 rings (SSSR count). The normalized spacial score (nSPS) is 19.0. The summed E-state index contributed by atoms with van der Waals surface area (Å²) in [7, 11) is -1.36. The van der Waals surface area contributed by atoms with Crippen molar-refractivity contribution in [3.05, 3.63) is 65.3 Å². The van der Waals surface area contributed by atoms with Gasteiger partial charge in [-0.1, -0.05) is 11.6 Å². The lowest BCUT2D eigenvalue weighted by Gasteiger charge is -2.37. The lowest BCUT2D eigenvalue weighted by Crippen LogP contribution is -2.40. The van der Waals surface area contributed by atoms with Gasteiger partial charge in [0.2, 0.25) is 0 Å². The summed E-state index contributed by atoms with van der Waals surface area (Å²) in [6.07, 6.45) is 1.20. The van der Waals surface area contributed by atoms with Gasteiger partial charge < -0.3 is 20.1 Å². The summed E-state index contributed by atoms with van der Waals surface area (Å²) < 4.78 is 24.7. The van der Waals surface area contributed by atoms with Crippen LogP contribution in [0.3, 0.4) is 0 Å². The number of hydrogen-bond donors (Lipinski definition) is 1. The third kappa shape index (κ3) is 4.68. The predicted octanol–water partition coefficient (Wildman–Crippen LogP) is 4.03. The molecule has 2 saturated heterocycles. The molecule has 2 N–H and O–H groups in total. The molecule has 7 nitrogen and oxygen atoms in total. The zero-order valence-electron chi connectivity index (χ0n) is 18.8. The lowest BCUT2D eigenvalue weighted by atomic mass is 9.94. The van der Waals surface area contributed by atoms with Crippen LogP contribution in [0.2, 0.25) is 5.02 Å². The third-order valence-electron chi connectivity index (χ3n) is 6.37. The van der Waals surface area contributed by atoms with Gasteiger partial charge in [0.1, 0.15) is 5.82 Å². The standard InChI is InChI=1S/C25H27ClN4O3S/c26-19-3-7-21(8-4-19)34(31)25(9-13-32-14-10-25)22-17-23(30-11-15-33-16-12-30)29-24(28-22)18-1-5-20(27)6-2-18/h1-8,17H,9-16,27H2. The maximum absolute atomic E-state index is 14.1. The molecule has 178 valence electrons. The molecule has 0 aliphatic carbocycles. The lowest BCUT2D eigenvalue weighted by molar-refractivity contribution is 0.0744. The van der Waals surface area contributed by atoms with Gasteiger partial charge in [0, 0.05) is 53.5 Å². The van der Waals surface area contributed by atoms with Crippen LogP contribution in [0.25, 0.3) is 11.4 Å². The Morgan fingerprint density at radius 3 is 2.24 bits per heavy atom. The van der Waals surface area contributed by atoms with Crippen molar-refractivity contribution in [1.29, 1.82) is 0 Å². The number of morpholine rings is 1. The van der Waals surface area contributed by atoms with Gasteiger partial charge in [-0.15, -0.1) is 0 Å². The van der Waals surface area contributed by atoms with Crippen LogP contribution in [-0.2, 0) is 25.0 Å². The number of aromatic nitrogens is 2. The van der Waals surface area contributed by atoms with Crippen molar-refractivity contribution in [3.63, 3.8) is 0 Å². The molecule has 2 aliphatic rings. The summed E-state index contributed by atoms with van der Waals surface area (Å²) in [5.41, 5.74) is 8.22. The van der Waals surface area contributed by atoms with Crippen LogP contribution in [-0.4, -0.2) is 53.7 Å². The Morgan fingerprint density at radius 2 is 1.56 bits per heavy atom. The molecule has 9 heteroatoms. The fourth-order valence-corrected chi connectivity index (χ4v) is 6.20. The van der Waals surface area contributed by atoms with Crippen LogP contribution >= 0.6 is 11.6 Å². The largest absolute Gasteiger partial charge is 0.399 e. The molecule has 2 fully saturated rings. The molecule has 1 atom stereocenters. The van der Waals surface area contributed by atoms with E-state index in [-0.39, 0.29) is 0 Å². The van der Waals surface area contributed by atoms with Crippen molar-refractivity contribution in [1.82, 2.24) is 9.97 Å². The van der Waals surface area contributed by atoms with E-state index in [1.807, 2.05) is 42.5 Å². The maximum Gasteiger partial charge on any atom is 0.161 e. The quantitative estimate of drug-likeness (QED) is 0.531. The minimum Gasteiger partial charge on any atom is -0.399 e. The second kappa shape index (κ2) is 10.00. The molecule has 34 heavy (non-hydrogen) atoms. The first kappa shape index (κ1) is 23.2. The van der Waals surface area contributed by atoms with Crippen LogP contribution in [0.4, 0.5) is 11.5 Å². The highest BCUT2D eigenvalue weighted by Gasteiger charge is 2.43. The number of nitrogen functional groups attached to an aromatic ring is 1. The summed E-state index contributed by atoms with van der Waals surface area (Å²) in [6.45, 7) is 3.82. The first-order valence-corrected chi connectivity index (χ1v) is 12.9. The third-order valence-corrected chi connectivity index (χ3v) is 8.65. The molecule has 3 heterocycles. The Bertz CT molecular complexity index is 1160. The second-order valence-corrected chi connectivity index (χ2v) is 10.7. The Morgan fingerprint density at radius 1 is 0.912 bits per heavy atom. The molecule has 0 bridgehead atoms. The highest BCUT2D eigenvalue weighted by Crippen LogP contribution is 2.42. The summed E-state index contributed by atoms with van der Waals surface area (Å²) in [5.74, 6) is 1.41. The van der Waals surface area contributed by atoms with Gasteiger partial charge in [-0.05, 0) is 61.4 Å². The average molecular weight is 499 g/mol. The molecule has 3 aromatic rings. The zero-order chi connectivity index (χ0) is 23.5. The summed E-state index contributed by atoms with van der Waals surface area (Å²) >= 11 is 6.10. The highest BCUT2D eigenvalue weighted by atomic mass is 35.5. The first-order chi connectivity index (χ1) is 16.5. The van der Waals surface area contributed by atoms with Gasteiger partial charge in [0.05, 0.1) is 34.5 Å². The molecule has 1 unspecified atom stereocenters. The van der Waals surface area contributed by atoms with Crippen LogP contribution in [0.15, 0.2) is 59.5 Å². The van der Waals surface area contributed by atoms with Crippen LogP contribution in [0.5, 0.6) is 0 Å².